The number of fused-ring (bicyclic) bond motifs is 1. The minimum atomic E-state index is -3.36. The summed E-state index contributed by atoms with van der Waals surface area (Å²) in [4.78, 5) is 17.1. The van der Waals surface area contributed by atoms with Gasteiger partial charge in [0.25, 0.3) is 5.91 Å². The molecule has 10 heteroatoms. The van der Waals surface area contributed by atoms with Gasteiger partial charge in [0.2, 0.25) is 0 Å². The van der Waals surface area contributed by atoms with Crippen molar-refractivity contribution in [3.63, 3.8) is 0 Å². The van der Waals surface area contributed by atoms with Crippen molar-refractivity contribution in [2.45, 2.75) is 4.90 Å². The van der Waals surface area contributed by atoms with Crippen LogP contribution in [0.4, 0.5) is 5.13 Å². The van der Waals surface area contributed by atoms with Gasteiger partial charge in [0, 0.05) is 6.26 Å². The molecular formula is C22H19N3O5S2. The van der Waals surface area contributed by atoms with Crippen LogP contribution < -0.4 is 14.8 Å². The Morgan fingerprint density at radius 1 is 1.28 bits per heavy atom. The highest BCUT2D eigenvalue weighted by molar-refractivity contribution is 7.90. The predicted molar refractivity (Wildman–Crippen MR) is 124 cm³/mol. The van der Waals surface area contributed by atoms with Crippen LogP contribution >= 0.6 is 11.3 Å². The largest absolute Gasteiger partial charge is 0.493 e. The van der Waals surface area contributed by atoms with Crippen molar-refractivity contribution in [1.82, 2.24) is 4.98 Å². The van der Waals surface area contributed by atoms with Gasteiger partial charge in [-0.3, -0.25) is 10.1 Å². The summed E-state index contributed by atoms with van der Waals surface area (Å²) in [5.74, 6) is 0.322. The normalized spacial score (nSPS) is 11.6. The Labute approximate surface area is 189 Å². The van der Waals surface area contributed by atoms with Crippen molar-refractivity contribution < 1.29 is 22.7 Å². The first kappa shape index (κ1) is 23.0. The Balaban J connectivity index is 1.84. The number of ether oxygens (including phenoxy) is 2. The van der Waals surface area contributed by atoms with Gasteiger partial charge in [0.15, 0.2) is 26.5 Å². The Hall–Kier alpha value is -3.68. The lowest BCUT2D eigenvalue weighted by Crippen LogP contribution is -2.13. The fourth-order valence-electron chi connectivity index (χ4n) is 2.71. The molecule has 0 aliphatic rings. The van der Waals surface area contributed by atoms with E-state index in [2.05, 4.69) is 16.9 Å². The molecule has 1 aromatic heterocycles. The molecule has 0 spiro atoms. The summed E-state index contributed by atoms with van der Waals surface area (Å²) in [7, 11) is -1.87. The van der Waals surface area contributed by atoms with E-state index in [0.29, 0.717) is 33.9 Å². The molecule has 1 heterocycles. The highest BCUT2D eigenvalue weighted by Gasteiger charge is 2.15. The van der Waals surface area contributed by atoms with Crippen LogP contribution in [0.5, 0.6) is 11.5 Å². The highest BCUT2D eigenvalue weighted by Crippen LogP contribution is 2.30. The quantitative estimate of drug-likeness (QED) is 0.303. The molecule has 0 fully saturated rings. The number of hydrogen-bond acceptors (Lipinski definition) is 8. The third-order valence-corrected chi connectivity index (χ3v) is 6.27. The van der Waals surface area contributed by atoms with E-state index in [1.165, 1.54) is 25.3 Å². The number of nitriles is 1. The Morgan fingerprint density at radius 3 is 2.72 bits per heavy atom. The molecule has 0 unspecified atom stereocenters. The van der Waals surface area contributed by atoms with Crippen molar-refractivity contribution in [1.29, 1.82) is 5.26 Å². The van der Waals surface area contributed by atoms with E-state index < -0.39 is 15.7 Å². The van der Waals surface area contributed by atoms with Gasteiger partial charge in [0.1, 0.15) is 18.2 Å². The van der Waals surface area contributed by atoms with Crippen LogP contribution in [0.15, 0.2) is 59.5 Å². The van der Waals surface area contributed by atoms with Crippen LogP contribution in [0, 0.1) is 11.3 Å². The van der Waals surface area contributed by atoms with Crippen LogP contribution in [-0.2, 0) is 14.6 Å². The molecule has 0 atom stereocenters. The summed E-state index contributed by atoms with van der Waals surface area (Å²) in [5.41, 5.74) is 0.976. The number of hydrogen-bond donors (Lipinski definition) is 1. The van der Waals surface area contributed by atoms with Crippen LogP contribution in [0.25, 0.3) is 16.3 Å². The number of methoxy groups -OCH3 is 1. The van der Waals surface area contributed by atoms with E-state index >= 15 is 0 Å². The molecule has 0 saturated carbocycles. The maximum atomic E-state index is 12.6. The summed E-state index contributed by atoms with van der Waals surface area (Å²) in [6, 6.07) is 11.4. The van der Waals surface area contributed by atoms with E-state index in [0.717, 1.165) is 17.6 Å². The summed E-state index contributed by atoms with van der Waals surface area (Å²) in [5, 5.41) is 12.3. The Kier molecular flexibility index (Phi) is 6.92. The fourth-order valence-corrected chi connectivity index (χ4v) is 4.33. The van der Waals surface area contributed by atoms with E-state index in [9.17, 15) is 18.5 Å². The van der Waals surface area contributed by atoms with Crippen LogP contribution in [-0.4, -0.2) is 39.3 Å². The number of thiazole rings is 1. The number of nitrogens with zero attached hydrogens (tertiary/aromatic N) is 2. The second-order valence-corrected chi connectivity index (χ2v) is 9.60. The highest BCUT2D eigenvalue weighted by atomic mass is 32.2. The number of nitrogens with one attached hydrogen (secondary N) is 1. The lowest BCUT2D eigenvalue weighted by atomic mass is 10.1. The van der Waals surface area contributed by atoms with E-state index in [-0.39, 0.29) is 15.6 Å². The number of carbonyl (C=O) groups is 1. The number of aromatic nitrogens is 1. The van der Waals surface area contributed by atoms with E-state index in [1.807, 2.05) is 6.07 Å². The molecule has 3 rings (SSSR count). The molecule has 0 bridgehead atoms. The average molecular weight is 470 g/mol. The lowest BCUT2D eigenvalue weighted by molar-refractivity contribution is -0.112. The van der Waals surface area contributed by atoms with Gasteiger partial charge in [-0.2, -0.15) is 5.26 Å². The number of rotatable bonds is 8. The maximum Gasteiger partial charge on any atom is 0.268 e. The molecular weight excluding hydrogens is 450 g/mol. The third kappa shape index (κ3) is 5.32. The molecule has 1 amide bonds. The first-order valence-corrected chi connectivity index (χ1v) is 11.9. The minimum Gasteiger partial charge on any atom is -0.493 e. The molecule has 164 valence electrons. The van der Waals surface area contributed by atoms with Gasteiger partial charge in [-0.25, -0.2) is 13.4 Å². The Morgan fingerprint density at radius 2 is 2.06 bits per heavy atom. The van der Waals surface area contributed by atoms with Gasteiger partial charge in [-0.1, -0.05) is 30.1 Å². The monoisotopic (exact) mass is 469 g/mol. The summed E-state index contributed by atoms with van der Waals surface area (Å²) in [6.45, 7) is 3.91. The second-order valence-electron chi connectivity index (χ2n) is 6.55. The molecule has 1 N–H and O–H groups in total. The molecule has 0 aliphatic carbocycles. The zero-order valence-corrected chi connectivity index (χ0v) is 18.9. The number of carbonyl (C=O) groups excluding carboxylic acids is 1. The van der Waals surface area contributed by atoms with Crippen molar-refractivity contribution in [2.24, 2.45) is 0 Å². The maximum absolute atomic E-state index is 12.6. The molecule has 0 saturated heterocycles. The number of sulfone groups is 1. The summed E-state index contributed by atoms with van der Waals surface area (Å²) in [6.07, 6.45) is 4.15. The topological polar surface area (TPSA) is 118 Å². The molecule has 0 radical (unpaired) electrons. The van der Waals surface area contributed by atoms with Crippen molar-refractivity contribution in [3.05, 3.63) is 60.2 Å². The summed E-state index contributed by atoms with van der Waals surface area (Å²) >= 11 is 1.12. The number of benzene rings is 2. The van der Waals surface area contributed by atoms with E-state index in [1.54, 1.807) is 30.3 Å². The summed E-state index contributed by atoms with van der Waals surface area (Å²) < 4.78 is 34.9. The van der Waals surface area contributed by atoms with Crippen molar-refractivity contribution in [2.75, 3.05) is 25.3 Å². The first-order valence-electron chi connectivity index (χ1n) is 9.20. The Bertz CT molecular complexity index is 1370. The molecule has 0 aliphatic heterocycles. The molecule has 8 nitrogen and oxygen atoms in total. The molecule has 3 aromatic rings. The van der Waals surface area contributed by atoms with Crippen molar-refractivity contribution >= 4 is 48.5 Å². The van der Waals surface area contributed by atoms with Gasteiger partial charge in [-0.05, 0) is 42.0 Å². The SMILES string of the molecule is C=CCOc1ccc(/C=C(\C#N)C(=O)Nc2nc3ccc(S(C)(=O)=O)cc3s2)cc1OC. The lowest BCUT2D eigenvalue weighted by Gasteiger charge is -2.10. The molecule has 2 aromatic carbocycles. The van der Waals surface area contributed by atoms with E-state index in [4.69, 9.17) is 9.47 Å². The average Bonchev–Trinajstić information content (AvgIpc) is 3.17. The number of amides is 1. The zero-order valence-electron chi connectivity index (χ0n) is 17.3. The van der Waals surface area contributed by atoms with Crippen LogP contribution in [0.1, 0.15) is 5.56 Å². The third-order valence-electron chi connectivity index (χ3n) is 4.23. The molecule has 32 heavy (non-hydrogen) atoms. The van der Waals surface area contributed by atoms with Gasteiger partial charge in [-0.15, -0.1) is 0 Å². The predicted octanol–water partition coefficient (Wildman–Crippen LogP) is 3.82. The van der Waals surface area contributed by atoms with Crippen LogP contribution in [0.3, 0.4) is 0 Å². The van der Waals surface area contributed by atoms with Gasteiger partial charge in [0.05, 0.1) is 22.2 Å². The first-order chi connectivity index (χ1) is 15.2. The second kappa shape index (κ2) is 9.64. The van der Waals surface area contributed by atoms with Crippen LogP contribution in [0.2, 0.25) is 0 Å². The smallest absolute Gasteiger partial charge is 0.268 e. The zero-order chi connectivity index (χ0) is 23.3. The van der Waals surface area contributed by atoms with Gasteiger partial charge >= 0.3 is 0 Å². The standard InChI is InChI=1S/C22H19N3O5S2/c1-4-9-30-18-8-5-14(11-19(18)29-2)10-15(13-23)21(26)25-22-24-17-7-6-16(32(3,27)28)12-20(17)31-22/h4-8,10-12H,1,9H2,2-3H3,(H,24,25,26)/b15-10+. The van der Waals surface area contributed by atoms with Gasteiger partial charge < -0.3 is 9.47 Å². The number of anilines is 1. The van der Waals surface area contributed by atoms with Crippen molar-refractivity contribution in [3.8, 4) is 17.6 Å². The minimum absolute atomic E-state index is 0.136. The fraction of sp³-hybridized carbons (Fsp3) is 0.136.